The van der Waals surface area contributed by atoms with Crippen molar-refractivity contribution in [3.05, 3.63) is 63.7 Å². The third kappa shape index (κ3) is 4.72. The Kier molecular flexibility index (Phi) is 6.16. The van der Waals surface area contributed by atoms with Crippen LogP contribution in [0.2, 0.25) is 0 Å². The van der Waals surface area contributed by atoms with Crippen molar-refractivity contribution in [2.45, 2.75) is 32.9 Å². The van der Waals surface area contributed by atoms with Gasteiger partial charge in [0.2, 0.25) is 0 Å². The highest BCUT2D eigenvalue weighted by molar-refractivity contribution is 5.95. The minimum atomic E-state index is -0.529. The fourth-order valence-corrected chi connectivity index (χ4v) is 2.43. The summed E-state index contributed by atoms with van der Waals surface area (Å²) < 4.78 is 11.0. The molecule has 0 spiro atoms. The van der Waals surface area contributed by atoms with E-state index in [4.69, 9.17) is 9.47 Å². The van der Waals surface area contributed by atoms with Crippen molar-refractivity contribution in [3.8, 4) is 11.5 Å². The molecule has 138 valence electrons. The van der Waals surface area contributed by atoms with Gasteiger partial charge in [0, 0.05) is 17.7 Å². The van der Waals surface area contributed by atoms with Crippen LogP contribution < -0.4 is 14.8 Å². The van der Waals surface area contributed by atoms with Gasteiger partial charge in [0.1, 0.15) is 0 Å². The average molecular weight is 358 g/mol. The lowest BCUT2D eigenvalue weighted by Gasteiger charge is -2.18. The van der Waals surface area contributed by atoms with Crippen LogP contribution in [0, 0.1) is 10.1 Å². The molecule has 0 saturated heterocycles. The first-order chi connectivity index (χ1) is 12.3. The standard InChI is InChI=1S/C19H22N2O5/c1-12(2)26-17-9-8-14(11-18(17)25-4)13(3)20-19(22)15-6-5-7-16(10-15)21(23)24/h5-13H,1-4H3,(H,20,22). The third-order valence-electron chi connectivity index (χ3n) is 3.72. The Labute approximate surface area is 152 Å². The summed E-state index contributed by atoms with van der Waals surface area (Å²) >= 11 is 0. The molecule has 2 rings (SSSR count). The maximum absolute atomic E-state index is 12.4. The van der Waals surface area contributed by atoms with E-state index >= 15 is 0 Å². The molecule has 0 heterocycles. The van der Waals surface area contributed by atoms with Crippen molar-refractivity contribution in [1.82, 2.24) is 5.32 Å². The van der Waals surface area contributed by atoms with Crippen molar-refractivity contribution in [2.24, 2.45) is 0 Å². The molecule has 0 fully saturated rings. The van der Waals surface area contributed by atoms with Crippen molar-refractivity contribution in [1.29, 1.82) is 0 Å². The molecule has 7 heteroatoms. The summed E-state index contributed by atoms with van der Waals surface area (Å²) in [6.45, 7) is 5.68. The number of non-ortho nitro benzene ring substituents is 1. The highest BCUT2D eigenvalue weighted by Crippen LogP contribution is 2.31. The first-order valence-corrected chi connectivity index (χ1v) is 8.21. The van der Waals surface area contributed by atoms with Crippen LogP contribution in [0.25, 0.3) is 0 Å². The van der Waals surface area contributed by atoms with Gasteiger partial charge in [-0.15, -0.1) is 0 Å². The SMILES string of the molecule is COc1cc(C(C)NC(=O)c2cccc([N+](=O)[O-])c2)ccc1OC(C)C. The molecule has 1 N–H and O–H groups in total. The average Bonchev–Trinajstić information content (AvgIpc) is 2.61. The largest absolute Gasteiger partial charge is 0.493 e. The molecule has 0 aliphatic rings. The van der Waals surface area contributed by atoms with Crippen LogP contribution in [-0.2, 0) is 0 Å². The van der Waals surface area contributed by atoms with Gasteiger partial charge in [-0.05, 0) is 44.5 Å². The predicted octanol–water partition coefficient (Wildman–Crippen LogP) is 3.88. The number of carbonyl (C=O) groups is 1. The van der Waals surface area contributed by atoms with E-state index in [-0.39, 0.29) is 29.3 Å². The van der Waals surface area contributed by atoms with Crippen LogP contribution in [0.4, 0.5) is 5.69 Å². The number of hydrogen-bond acceptors (Lipinski definition) is 5. The van der Waals surface area contributed by atoms with Gasteiger partial charge < -0.3 is 14.8 Å². The minimum Gasteiger partial charge on any atom is -0.493 e. The normalized spacial score (nSPS) is 11.7. The molecule has 1 unspecified atom stereocenters. The molecule has 1 amide bonds. The molecular weight excluding hydrogens is 336 g/mol. The number of ether oxygens (including phenoxy) is 2. The zero-order valence-electron chi connectivity index (χ0n) is 15.2. The van der Waals surface area contributed by atoms with Gasteiger partial charge >= 0.3 is 0 Å². The smallest absolute Gasteiger partial charge is 0.270 e. The topological polar surface area (TPSA) is 90.7 Å². The molecule has 2 aromatic rings. The first-order valence-electron chi connectivity index (χ1n) is 8.21. The second kappa shape index (κ2) is 8.33. The number of hydrogen-bond donors (Lipinski definition) is 1. The van der Waals surface area contributed by atoms with Gasteiger partial charge in [0.15, 0.2) is 11.5 Å². The molecule has 0 aliphatic carbocycles. The Hall–Kier alpha value is -3.09. The van der Waals surface area contributed by atoms with Crippen molar-refractivity contribution in [2.75, 3.05) is 7.11 Å². The summed E-state index contributed by atoms with van der Waals surface area (Å²) in [7, 11) is 1.55. The summed E-state index contributed by atoms with van der Waals surface area (Å²) in [5, 5.41) is 13.7. The third-order valence-corrected chi connectivity index (χ3v) is 3.72. The van der Waals surface area contributed by atoms with E-state index in [1.807, 2.05) is 26.8 Å². The van der Waals surface area contributed by atoms with Gasteiger partial charge in [-0.3, -0.25) is 14.9 Å². The first kappa shape index (κ1) is 19.2. The number of nitrogens with zero attached hydrogens (tertiary/aromatic N) is 1. The molecule has 2 aromatic carbocycles. The Morgan fingerprint density at radius 1 is 1.12 bits per heavy atom. The Balaban J connectivity index is 2.16. The van der Waals surface area contributed by atoms with E-state index in [9.17, 15) is 14.9 Å². The van der Waals surface area contributed by atoms with Gasteiger partial charge in [-0.1, -0.05) is 12.1 Å². The second-order valence-corrected chi connectivity index (χ2v) is 6.08. The lowest BCUT2D eigenvalue weighted by molar-refractivity contribution is -0.384. The molecular formula is C19H22N2O5. The summed E-state index contributed by atoms with van der Waals surface area (Å²) in [5.41, 5.74) is 0.941. The minimum absolute atomic E-state index is 0.0146. The van der Waals surface area contributed by atoms with Gasteiger partial charge in [0.05, 0.1) is 24.2 Å². The highest BCUT2D eigenvalue weighted by atomic mass is 16.6. The number of carbonyl (C=O) groups excluding carboxylic acids is 1. The van der Waals surface area contributed by atoms with Crippen LogP contribution in [0.5, 0.6) is 11.5 Å². The van der Waals surface area contributed by atoms with E-state index in [0.717, 1.165) is 5.56 Å². The van der Waals surface area contributed by atoms with E-state index in [1.165, 1.54) is 24.3 Å². The van der Waals surface area contributed by atoms with Crippen LogP contribution in [-0.4, -0.2) is 24.0 Å². The summed E-state index contributed by atoms with van der Waals surface area (Å²) in [6, 6.07) is 10.7. The van der Waals surface area contributed by atoms with Crippen LogP contribution in [0.15, 0.2) is 42.5 Å². The van der Waals surface area contributed by atoms with E-state index in [1.54, 1.807) is 19.2 Å². The fourth-order valence-electron chi connectivity index (χ4n) is 2.43. The number of benzene rings is 2. The van der Waals surface area contributed by atoms with Crippen LogP contribution >= 0.6 is 0 Å². The molecule has 7 nitrogen and oxygen atoms in total. The molecule has 26 heavy (non-hydrogen) atoms. The van der Waals surface area contributed by atoms with Gasteiger partial charge in [-0.25, -0.2) is 0 Å². The van der Waals surface area contributed by atoms with Crippen LogP contribution in [0.1, 0.15) is 42.7 Å². The maximum Gasteiger partial charge on any atom is 0.270 e. The van der Waals surface area contributed by atoms with Crippen molar-refractivity contribution in [3.63, 3.8) is 0 Å². The lowest BCUT2D eigenvalue weighted by Crippen LogP contribution is -2.26. The Bertz CT molecular complexity index is 804. The summed E-state index contributed by atoms with van der Waals surface area (Å²) in [6.07, 6.45) is 0.0146. The summed E-state index contributed by atoms with van der Waals surface area (Å²) in [5.74, 6) is 0.818. The number of amides is 1. The predicted molar refractivity (Wildman–Crippen MR) is 97.7 cm³/mol. The van der Waals surface area contributed by atoms with Gasteiger partial charge in [-0.2, -0.15) is 0 Å². The maximum atomic E-state index is 12.4. The molecule has 0 aromatic heterocycles. The van der Waals surface area contributed by atoms with E-state index < -0.39 is 4.92 Å². The Morgan fingerprint density at radius 3 is 2.46 bits per heavy atom. The quantitative estimate of drug-likeness (QED) is 0.599. The molecule has 0 bridgehead atoms. The summed E-state index contributed by atoms with van der Waals surface area (Å²) in [4.78, 5) is 22.7. The number of nitro benzene ring substituents is 1. The monoisotopic (exact) mass is 358 g/mol. The fraction of sp³-hybridized carbons (Fsp3) is 0.316. The number of methoxy groups -OCH3 is 1. The zero-order chi connectivity index (χ0) is 19.3. The Morgan fingerprint density at radius 2 is 1.85 bits per heavy atom. The molecule has 0 radical (unpaired) electrons. The van der Waals surface area contributed by atoms with Gasteiger partial charge in [0.25, 0.3) is 11.6 Å². The molecule has 0 aliphatic heterocycles. The number of rotatable bonds is 7. The number of nitrogens with one attached hydrogen (secondary N) is 1. The van der Waals surface area contributed by atoms with Crippen LogP contribution in [0.3, 0.4) is 0 Å². The number of nitro groups is 1. The van der Waals surface area contributed by atoms with E-state index in [2.05, 4.69) is 5.32 Å². The molecule has 0 saturated carbocycles. The lowest BCUT2D eigenvalue weighted by atomic mass is 10.1. The zero-order valence-corrected chi connectivity index (χ0v) is 15.2. The molecule has 1 atom stereocenters. The highest BCUT2D eigenvalue weighted by Gasteiger charge is 2.16. The second-order valence-electron chi connectivity index (χ2n) is 6.08. The van der Waals surface area contributed by atoms with E-state index in [0.29, 0.717) is 11.5 Å². The van der Waals surface area contributed by atoms with Crippen molar-refractivity contribution < 1.29 is 19.2 Å². The van der Waals surface area contributed by atoms with Crippen molar-refractivity contribution >= 4 is 11.6 Å².